The molecule has 0 radical (unpaired) electrons. The third kappa shape index (κ3) is 3.35. The molecule has 39 heavy (non-hydrogen) atoms. The van der Waals surface area contributed by atoms with Gasteiger partial charge in [-0.25, -0.2) is 18.7 Å². The molecule has 0 spiro atoms. The minimum Gasteiger partial charge on any atom is -0.508 e. The first-order valence-corrected chi connectivity index (χ1v) is 13.0. The fourth-order valence-corrected chi connectivity index (χ4v) is 6.69. The lowest BCUT2D eigenvalue weighted by Crippen LogP contribution is -2.63. The molecule has 0 saturated carbocycles. The minimum absolute atomic E-state index is 0.0497. The van der Waals surface area contributed by atoms with E-state index in [0.717, 1.165) is 12.8 Å². The van der Waals surface area contributed by atoms with Crippen LogP contribution in [-0.4, -0.2) is 57.6 Å². The van der Waals surface area contributed by atoms with Crippen LogP contribution < -0.4 is 15.0 Å². The number of benzene rings is 2. The second-order valence-electron chi connectivity index (χ2n) is 10.7. The van der Waals surface area contributed by atoms with Crippen molar-refractivity contribution < 1.29 is 23.7 Å². The van der Waals surface area contributed by atoms with Gasteiger partial charge in [-0.2, -0.15) is 0 Å². The number of aryl methyl sites for hydroxylation is 2. The molecular formula is C30H26F2N4O3. The topological polar surface area (TPSA) is 90.7 Å². The number of aliphatic hydroxyl groups excluding tert-OH is 1. The maximum Gasteiger partial charge on any atom is 0.226 e. The lowest BCUT2D eigenvalue weighted by Gasteiger charge is -2.43. The molecule has 0 aliphatic carbocycles. The third-order valence-corrected chi connectivity index (χ3v) is 8.53. The largest absolute Gasteiger partial charge is 0.508 e. The Labute approximate surface area is 223 Å². The zero-order valence-electron chi connectivity index (χ0n) is 21.4. The number of nitrogens with zero attached hydrogens (tertiary/aromatic N) is 3. The summed E-state index contributed by atoms with van der Waals surface area (Å²) in [5.74, 6) is 1.67. The Morgan fingerprint density at radius 2 is 1.97 bits per heavy atom. The molecule has 2 saturated heterocycles. The molecule has 2 aromatic carbocycles. The molecule has 4 unspecified atom stereocenters. The summed E-state index contributed by atoms with van der Waals surface area (Å²) in [5, 5.41) is 26.0. The highest BCUT2D eigenvalue weighted by atomic mass is 19.1. The van der Waals surface area contributed by atoms with E-state index >= 15 is 4.39 Å². The molecule has 3 N–H and O–H groups in total. The van der Waals surface area contributed by atoms with E-state index in [4.69, 9.17) is 16.1 Å². The van der Waals surface area contributed by atoms with Gasteiger partial charge < -0.3 is 25.2 Å². The number of hydrogen-bond acceptors (Lipinski definition) is 7. The number of terminal acetylenes is 1. The molecular weight excluding hydrogens is 502 g/mol. The van der Waals surface area contributed by atoms with Crippen molar-refractivity contribution in [1.82, 2.24) is 15.3 Å². The molecule has 2 aromatic heterocycles. The number of aliphatic hydroxyl groups is 1. The highest BCUT2D eigenvalue weighted by molar-refractivity contribution is 6.06. The number of pyridine rings is 2. The van der Waals surface area contributed by atoms with Crippen LogP contribution in [0.5, 0.6) is 11.6 Å². The second-order valence-corrected chi connectivity index (χ2v) is 10.7. The highest BCUT2D eigenvalue weighted by Crippen LogP contribution is 2.46. The smallest absolute Gasteiger partial charge is 0.226 e. The van der Waals surface area contributed by atoms with Crippen LogP contribution in [0.4, 0.5) is 14.6 Å². The Morgan fingerprint density at radius 1 is 1.15 bits per heavy atom. The average molecular weight is 529 g/mol. The summed E-state index contributed by atoms with van der Waals surface area (Å²) in [4.78, 5) is 11.7. The van der Waals surface area contributed by atoms with Crippen molar-refractivity contribution >= 4 is 27.4 Å². The van der Waals surface area contributed by atoms with E-state index < -0.39 is 17.7 Å². The van der Waals surface area contributed by atoms with E-state index in [1.807, 2.05) is 6.92 Å². The number of hydrogen-bond donors (Lipinski definition) is 3. The molecule has 9 heteroatoms. The van der Waals surface area contributed by atoms with Crippen molar-refractivity contribution in [3.63, 3.8) is 0 Å². The van der Waals surface area contributed by atoms with E-state index in [9.17, 15) is 14.6 Å². The zero-order chi connectivity index (χ0) is 27.2. The van der Waals surface area contributed by atoms with Gasteiger partial charge in [-0.05, 0) is 55.8 Å². The highest BCUT2D eigenvalue weighted by Gasteiger charge is 2.48. The Hall–Kier alpha value is -4.00. The summed E-state index contributed by atoms with van der Waals surface area (Å²) in [6.45, 7) is 4.00. The van der Waals surface area contributed by atoms with Gasteiger partial charge in [-0.3, -0.25) is 0 Å². The van der Waals surface area contributed by atoms with Gasteiger partial charge in [0.1, 0.15) is 29.2 Å². The molecule has 3 aliphatic rings. The SMILES string of the molecule is C#Cc1c(F)ccc2cc(O)cc(-c3nc4c5c(nc(C)c(C)c5c3F)N3CC5CCC(N5)C3C(CO)O4)c12. The van der Waals surface area contributed by atoms with Crippen molar-refractivity contribution in [1.29, 1.82) is 0 Å². The second kappa shape index (κ2) is 8.50. The molecule has 0 amide bonds. The summed E-state index contributed by atoms with van der Waals surface area (Å²) in [6.07, 6.45) is 6.96. The molecule has 2 bridgehead atoms. The van der Waals surface area contributed by atoms with Crippen molar-refractivity contribution in [2.45, 2.75) is 50.9 Å². The number of ether oxygens (including phenoxy) is 1. The molecule has 2 fully saturated rings. The van der Waals surface area contributed by atoms with Gasteiger partial charge in [0.25, 0.3) is 0 Å². The van der Waals surface area contributed by atoms with Crippen LogP contribution >= 0.6 is 0 Å². The van der Waals surface area contributed by atoms with Crippen molar-refractivity contribution in [3.8, 4) is 35.2 Å². The minimum atomic E-state index is -0.648. The van der Waals surface area contributed by atoms with Gasteiger partial charge in [0.2, 0.25) is 5.88 Å². The van der Waals surface area contributed by atoms with E-state index in [1.54, 1.807) is 6.92 Å². The van der Waals surface area contributed by atoms with E-state index in [-0.39, 0.29) is 64.0 Å². The van der Waals surface area contributed by atoms with Crippen LogP contribution in [0.2, 0.25) is 0 Å². The number of aromatic nitrogens is 2. The fraction of sp³-hybridized carbons (Fsp3) is 0.333. The Kier molecular flexibility index (Phi) is 5.25. The normalized spacial score (nSPS) is 23.4. The zero-order valence-corrected chi connectivity index (χ0v) is 21.4. The predicted molar refractivity (Wildman–Crippen MR) is 144 cm³/mol. The van der Waals surface area contributed by atoms with Gasteiger partial charge in [-0.15, -0.1) is 6.42 Å². The summed E-state index contributed by atoms with van der Waals surface area (Å²) in [5.41, 5.74) is 1.24. The molecule has 4 atom stereocenters. The Morgan fingerprint density at radius 3 is 2.74 bits per heavy atom. The van der Waals surface area contributed by atoms with Gasteiger partial charge in [0.05, 0.1) is 23.6 Å². The maximum atomic E-state index is 16.8. The van der Waals surface area contributed by atoms with Crippen LogP contribution in [0.3, 0.4) is 0 Å². The predicted octanol–water partition coefficient (Wildman–Crippen LogP) is 4.09. The van der Waals surface area contributed by atoms with E-state index in [2.05, 4.69) is 21.1 Å². The van der Waals surface area contributed by atoms with Gasteiger partial charge in [-0.1, -0.05) is 12.0 Å². The van der Waals surface area contributed by atoms with Crippen LogP contribution in [0.1, 0.15) is 29.7 Å². The first-order chi connectivity index (χ1) is 18.8. The van der Waals surface area contributed by atoms with Gasteiger partial charge >= 0.3 is 0 Å². The number of fused-ring (bicyclic) bond motifs is 6. The number of phenolic OH excluding ortho intramolecular Hbond substituents is 1. The number of piperazine rings is 1. The van der Waals surface area contributed by atoms with Gasteiger partial charge in [0.15, 0.2) is 5.82 Å². The average Bonchev–Trinajstić information content (AvgIpc) is 3.24. The van der Waals surface area contributed by atoms with Crippen molar-refractivity contribution in [2.75, 3.05) is 18.1 Å². The Balaban J connectivity index is 1.58. The first kappa shape index (κ1) is 24.1. The summed E-state index contributed by atoms with van der Waals surface area (Å²) in [7, 11) is 0. The molecule has 4 aromatic rings. The van der Waals surface area contributed by atoms with Crippen LogP contribution in [0, 0.1) is 37.8 Å². The van der Waals surface area contributed by atoms with E-state index in [1.165, 1.54) is 24.3 Å². The Bertz CT molecular complexity index is 1750. The molecule has 7 rings (SSSR count). The molecule has 7 nitrogen and oxygen atoms in total. The number of nitrogens with one attached hydrogen (secondary N) is 1. The molecule has 5 heterocycles. The van der Waals surface area contributed by atoms with E-state index in [0.29, 0.717) is 34.4 Å². The maximum absolute atomic E-state index is 16.8. The monoisotopic (exact) mass is 528 g/mol. The summed E-state index contributed by atoms with van der Waals surface area (Å²) in [6, 6.07) is 5.60. The van der Waals surface area contributed by atoms with Crippen LogP contribution in [0.25, 0.3) is 32.8 Å². The standard InChI is InChI=1S/C30H26F2N4O3/c1-4-18-20(31)7-5-15-9-17(38)10-19(24(15)18)27-26(32)23-13(2)14(3)33-29-25(23)30(35-27)39-22(12-37)28-21-8-6-16(34-21)11-36(28)29/h1,5,7,9-10,16,21-22,28,34,37-38H,6,8,11-12H2,2-3H3. The quantitative estimate of drug-likeness (QED) is 0.338. The van der Waals surface area contributed by atoms with Crippen molar-refractivity contribution in [3.05, 3.63) is 52.7 Å². The first-order valence-electron chi connectivity index (χ1n) is 13.0. The molecule has 3 aliphatic heterocycles. The number of anilines is 1. The lowest BCUT2D eigenvalue weighted by molar-refractivity contribution is 0.0759. The third-order valence-electron chi connectivity index (χ3n) is 8.53. The fourth-order valence-electron chi connectivity index (χ4n) is 6.69. The number of halogens is 2. The van der Waals surface area contributed by atoms with Crippen LogP contribution in [0.15, 0.2) is 24.3 Å². The van der Waals surface area contributed by atoms with Crippen LogP contribution in [-0.2, 0) is 0 Å². The van der Waals surface area contributed by atoms with Crippen molar-refractivity contribution in [2.24, 2.45) is 0 Å². The number of phenols is 1. The number of rotatable bonds is 2. The lowest BCUT2D eigenvalue weighted by atomic mass is 9.94. The summed E-state index contributed by atoms with van der Waals surface area (Å²) < 4.78 is 38.0. The summed E-state index contributed by atoms with van der Waals surface area (Å²) >= 11 is 0. The number of aromatic hydroxyl groups is 1. The molecule has 198 valence electrons. The van der Waals surface area contributed by atoms with Gasteiger partial charge in [0, 0.05) is 40.7 Å².